The smallest absolute Gasteiger partial charge is 0.227 e. The molecule has 0 radical (unpaired) electrons. The second-order valence-corrected chi connectivity index (χ2v) is 6.52. The van der Waals surface area contributed by atoms with Gasteiger partial charge in [0.05, 0.1) is 24.1 Å². The predicted molar refractivity (Wildman–Crippen MR) is 106 cm³/mol. The van der Waals surface area contributed by atoms with Gasteiger partial charge < -0.3 is 9.47 Å². The molecular formula is C23H23N3O. The van der Waals surface area contributed by atoms with E-state index in [1.165, 1.54) is 0 Å². The highest BCUT2D eigenvalue weighted by atomic mass is 16.2. The van der Waals surface area contributed by atoms with Crippen LogP contribution < -0.4 is 0 Å². The topological polar surface area (TPSA) is 49.0 Å². The molecule has 0 aliphatic heterocycles. The lowest BCUT2D eigenvalue weighted by Gasteiger charge is -2.28. The van der Waals surface area contributed by atoms with E-state index in [1.807, 2.05) is 84.2 Å². The fourth-order valence-electron chi connectivity index (χ4n) is 3.25. The van der Waals surface area contributed by atoms with Crippen LogP contribution in [0.15, 0.2) is 73.1 Å². The van der Waals surface area contributed by atoms with Crippen molar-refractivity contribution in [1.29, 1.82) is 5.26 Å². The Balaban J connectivity index is 1.70. The van der Waals surface area contributed by atoms with Crippen molar-refractivity contribution < 1.29 is 4.79 Å². The van der Waals surface area contributed by atoms with Crippen molar-refractivity contribution >= 4 is 5.91 Å². The molecule has 0 aliphatic rings. The summed E-state index contributed by atoms with van der Waals surface area (Å²) < 4.78 is 2.04. The van der Waals surface area contributed by atoms with Crippen LogP contribution in [-0.2, 0) is 11.2 Å². The second-order valence-electron chi connectivity index (χ2n) is 6.52. The summed E-state index contributed by atoms with van der Waals surface area (Å²) in [6.07, 6.45) is 4.37. The van der Waals surface area contributed by atoms with Crippen LogP contribution in [0.2, 0.25) is 0 Å². The molecule has 3 rings (SSSR count). The lowest BCUT2D eigenvalue weighted by atomic mass is 10.0. The van der Waals surface area contributed by atoms with E-state index >= 15 is 0 Å². The van der Waals surface area contributed by atoms with E-state index in [0.717, 1.165) is 16.8 Å². The third-order valence-electron chi connectivity index (χ3n) is 4.85. The number of carbonyl (C=O) groups excluding carboxylic acids is 1. The Bertz CT molecular complexity index is 919. The summed E-state index contributed by atoms with van der Waals surface area (Å²) in [6, 6.07) is 21.6. The van der Waals surface area contributed by atoms with E-state index in [4.69, 9.17) is 5.26 Å². The lowest BCUT2D eigenvalue weighted by molar-refractivity contribution is -0.132. The molecule has 1 amide bonds. The minimum Gasteiger partial charge on any atom is -0.336 e. The molecule has 1 atom stereocenters. The summed E-state index contributed by atoms with van der Waals surface area (Å²) in [5.41, 5.74) is 3.74. The maximum Gasteiger partial charge on any atom is 0.227 e. The molecule has 0 saturated carbocycles. The number of nitrogens with zero attached hydrogens (tertiary/aromatic N) is 3. The number of carbonyl (C=O) groups is 1. The second kappa shape index (κ2) is 8.37. The van der Waals surface area contributed by atoms with E-state index < -0.39 is 0 Å². The highest BCUT2D eigenvalue weighted by Crippen LogP contribution is 2.22. The Labute approximate surface area is 160 Å². The fraction of sp³-hybridized carbons (Fsp3) is 0.217. The maximum atomic E-state index is 12.9. The number of likely N-dealkylation sites (N-methyl/N-ethyl adjacent to an activating group) is 1. The van der Waals surface area contributed by atoms with Crippen molar-refractivity contribution in [1.82, 2.24) is 9.47 Å². The molecule has 0 N–H and O–H groups in total. The van der Waals surface area contributed by atoms with Gasteiger partial charge in [0.2, 0.25) is 5.91 Å². The summed E-state index contributed by atoms with van der Waals surface area (Å²) >= 11 is 0. The fourth-order valence-corrected chi connectivity index (χ4v) is 3.25. The molecule has 4 nitrogen and oxygen atoms in total. The van der Waals surface area contributed by atoms with E-state index in [2.05, 4.69) is 6.07 Å². The van der Waals surface area contributed by atoms with Crippen LogP contribution in [0.4, 0.5) is 0 Å². The van der Waals surface area contributed by atoms with Crippen molar-refractivity contribution in [2.75, 3.05) is 6.54 Å². The van der Waals surface area contributed by atoms with E-state index in [1.54, 1.807) is 12.1 Å². The average molecular weight is 357 g/mol. The number of benzene rings is 2. The predicted octanol–water partition coefficient (Wildman–Crippen LogP) is 4.50. The monoisotopic (exact) mass is 357 g/mol. The first-order valence-electron chi connectivity index (χ1n) is 9.14. The van der Waals surface area contributed by atoms with Crippen LogP contribution in [0.25, 0.3) is 5.69 Å². The first-order valence-corrected chi connectivity index (χ1v) is 9.14. The largest absolute Gasteiger partial charge is 0.336 e. The van der Waals surface area contributed by atoms with Crippen molar-refractivity contribution in [2.24, 2.45) is 0 Å². The molecule has 0 aliphatic carbocycles. The highest BCUT2D eigenvalue weighted by Gasteiger charge is 2.20. The molecule has 2 aromatic carbocycles. The van der Waals surface area contributed by atoms with Gasteiger partial charge in [-0.25, -0.2) is 0 Å². The molecule has 1 heterocycles. The van der Waals surface area contributed by atoms with Gasteiger partial charge in [-0.1, -0.05) is 24.3 Å². The molecule has 0 spiro atoms. The minimum atomic E-state index is -0.0330. The molecule has 0 saturated heterocycles. The first-order chi connectivity index (χ1) is 13.1. The van der Waals surface area contributed by atoms with Crippen LogP contribution >= 0.6 is 0 Å². The third-order valence-corrected chi connectivity index (χ3v) is 4.85. The normalized spacial score (nSPS) is 11.6. The van der Waals surface area contributed by atoms with Gasteiger partial charge in [0.15, 0.2) is 0 Å². The Morgan fingerprint density at radius 1 is 1.07 bits per heavy atom. The zero-order valence-electron chi connectivity index (χ0n) is 15.7. The van der Waals surface area contributed by atoms with Crippen molar-refractivity contribution in [3.8, 4) is 11.8 Å². The number of rotatable bonds is 6. The molecule has 0 bridgehead atoms. The Hall–Kier alpha value is -3.32. The first kappa shape index (κ1) is 18.5. The van der Waals surface area contributed by atoms with Crippen molar-refractivity contribution in [3.63, 3.8) is 0 Å². The minimum absolute atomic E-state index is 0.0330. The maximum absolute atomic E-state index is 12.9. The van der Waals surface area contributed by atoms with Crippen LogP contribution in [0.1, 0.15) is 36.6 Å². The molecule has 1 aromatic heterocycles. The summed E-state index contributed by atoms with van der Waals surface area (Å²) in [6.45, 7) is 4.66. The van der Waals surface area contributed by atoms with E-state index in [-0.39, 0.29) is 11.9 Å². The molecule has 0 fully saturated rings. The van der Waals surface area contributed by atoms with Gasteiger partial charge in [0.1, 0.15) is 0 Å². The van der Waals surface area contributed by atoms with Gasteiger partial charge in [-0.2, -0.15) is 5.26 Å². The summed E-state index contributed by atoms with van der Waals surface area (Å²) in [5, 5.41) is 8.94. The van der Waals surface area contributed by atoms with Crippen LogP contribution in [0.5, 0.6) is 0 Å². The van der Waals surface area contributed by atoms with E-state index in [0.29, 0.717) is 18.5 Å². The molecule has 27 heavy (non-hydrogen) atoms. The Morgan fingerprint density at radius 3 is 2.26 bits per heavy atom. The summed E-state index contributed by atoms with van der Waals surface area (Å²) in [7, 11) is 0. The number of hydrogen-bond acceptors (Lipinski definition) is 2. The Morgan fingerprint density at radius 2 is 1.70 bits per heavy atom. The highest BCUT2D eigenvalue weighted by molar-refractivity contribution is 5.79. The molecule has 3 aromatic rings. The number of amides is 1. The lowest BCUT2D eigenvalue weighted by Crippen LogP contribution is -2.34. The molecule has 136 valence electrons. The Kier molecular flexibility index (Phi) is 5.73. The zero-order valence-corrected chi connectivity index (χ0v) is 15.7. The standard InChI is InChI=1S/C23H23N3O/c1-3-26(18(2)21-10-6-20(17-24)7-11-21)23(27)16-19-8-12-22(13-9-19)25-14-4-5-15-25/h4-15,18H,3,16H2,1-2H3. The molecule has 4 heteroatoms. The summed E-state index contributed by atoms with van der Waals surface area (Å²) in [4.78, 5) is 14.7. The van der Waals surface area contributed by atoms with Gasteiger partial charge in [-0.05, 0) is 61.4 Å². The van der Waals surface area contributed by atoms with E-state index in [9.17, 15) is 4.79 Å². The SMILES string of the molecule is CCN(C(=O)Cc1ccc(-n2cccc2)cc1)C(C)c1ccc(C#N)cc1. The van der Waals surface area contributed by atoms with Gasteiger partial charge in [0, 0.05) is 24.6 Å². The zero-order chi connectivity index (χ0) is 19.2. The third kappa shape index (κ3) is 4.27. The van der Waals surface area contributed by atoms with Gasteiger partial charge in [0.25, 0.3) is 0 Å². The number of aromatic nitrogens is 1. The number of nitriles is 1. The van der Waals surface area contributed by atoms with Gasteiger partial charge in [-0.15, -0.1) is 0 Å². The van der Waals surface area contributed by atoms with Gasteiger partial charge >= 0.3 is 0 Å². The van der Waals surface area contributed by atoms with Crippen LogP contribution in [0, 0.1) is 11.3 Å². The molecule has 1 unspecified atom stereocenters. The summed E-state index contributed by atoms with van der Waals surface area (Å²) in [5.74, 6) is 0.100. The average Bonchev–Trinajstić information content (AvgIpc) is 3.24. The van der Waals surface area contributed by atoms with Gasteiger partial charge in [-0.3, -0.25) is 4.79 Å². The molecular weight excluding hydrogens is 334 g/mol. The number of hydrogen-bond donors (Lipinski definition) is 0. The van der Waals surface area contributed by atoms with Crippen molar-refractivity contribution in [2.45, 2.75) is 26.3 Å². The van der Waals surface area contributed by atoms with Crippen LogP contribution in [-0.4, -0.2) is 21.9 Å². The van der Waals surface area contributed by atoms with Crippen LogP contribution in [0.3, 0.4) is 0 Å². The quantitative estimate of drug-likeness (QED) is 0.652. The van der Waals surface area contributed by atoms with Crippen molar-refractivity contribution in [3.05, 3.63) is 89.7 Å².